The van der Waals surface area contributed by atoms with E-state index in [2.05, 4.69) is 34.7 Å². The molecule has 1 aromatic heterocycles. The lowest BCUT2D eigenvalue weighted by atomic mass is 10.1. The lowest BCUT2D eigenvalue weighted by molar-refractivity contribution is -0.117. The molecule has 4 heteroatoms. The Morgan fingerprint density at radius 1 is 0.846 bits per heavy atom. The monoisotopic (exact) mass is 345 g/mol. The zero-order chi connectivity index (χ0) is 18.4. The van der Waals surface area contributed by atoms with Crippen molar-refractivity contribution < 1.29 is 4.79 Å². The first-order valence-electron chi connectivity index (χ1n) is 8.77. The molecule has 0 unspecified atom stereocenters. The molecule has 0 spiro atoms. The number of hydrogen-bond donors (Lipinski definition) is 2. The quantitative estimate of drug-likeness (QED) is 0.661. The summed E-state index contributed by atoms with van der Waals surface area (Å²) in [6.07, 6.45) is 1.70. The first-order chi connectivity index (χ1) is 12.6. The van der Waals surface area contributed by atoms with Crippen LogP contribution in [0, 0.1) is 0 Å². The summed E-state index contributed by atoms with van der Waals surface area (Å²) < 4.78 is 0. The van der Waals surface area contributed by atoms with Crippen molar-refractivity contribution in [2.45, 2.75) is 25.8 Å². The van der Waals surface area contributed by atoms with Crippen LogP contribution < -0.4 is 10.6 Å². The molecule has 2 atom stereocenters. The van der Waals surface area contributed by atoms with Gasteiger partial charge in [0.15, 0.2) is 0 Å². The van der Waals surface area contributed by atoms with Crippen LogP contribution in [0.1, 0.15) is 37.1 Å². The van der Waals surface area contributed by atoms with E-state index in [1.54, 1.807) is 6.20 Å². The summed E-state index contributed by atoms with van der Waals surface area (Å²) in [6.45, 7) is 3.98. The summed E-state index contributed by atoms with van der Waals surface area (Å²) in [7, 11) is 0. The minimum Gasteiger partial charge on any atom is -0.379 e. The van der Waals surface area contributed by atoms with E-state index in [4.69, 9.17) is 0 Å². The van der Waals surface area contributed by atoms with Crippen molar-refractivity contribution in [1.82, 2.24) is 4.98 Å². The van der Waals surface area contributed by atoms with Crippen molar-refractivity contribution in [3.05, 3.63) is 90.3 Å². The molecule has 0 bridgehead atoms. The maximum atomic E-state index is 12.4. The highest BCUT2D eigenvalue weighted by Crippen LogP contribution is 2.21. The Balaban J connectivity index is 1.60. The molecule has 0 aliphatic rings. The molecular weight excluding hydrogens is 322 g/mol. The normalized spacial score (nSPS) is 12.8. The van der Waals surface area contributed by atoms with E-state index < -0.39 is 0 Å². The molecule has 3 rings (SSSR count). The van der Waals surface area contributed by atoms with Crippen molar-refractivity contribution >= 4 is 17.3 Å². The number of anilines is 2. The zero-order valence-corrected chi connectivity index (χ0v) is 15.0. The Bertz CT molecular complexity index is 832. The highest BCUT2D eigenvalue weighted by molar-refractivity contribution is 5.95. The fourth-order valence-electron chi connectivity index (χ4n) is 2.74. The van der Waals surface area contributed by atoms with Gasteiger partial charge in [0.2, 0.25) is 5.91 Å². The second kappa shape index (κ2) is 8.30. The Labute approximate surface area is 154 Å². The lowest BCUT2D eigenvalue weighted by Crippen LogP contribution is -2.19. The molecule has 1 amide bonds. The number of nitrogens with one attached hydrogen (secondary N) is 2. The number of nitrogens with zero attached hydrogens (tertiary/aromatic N) is 1. The number of hydrogen-bond acceptors (Lipinski definition) is 3. The molecule has 2 N–H and O–H groups in total. The molecule has 0 fully saturated rings. The molecule has 0 radical (unpaired) electrons. The molecule has 3 aromatic rings. The molecule has 0 aliphatic heterocycles. The molecule has 2 aromatic carbocycles. The van der Waals surface area contributed by atoms with Crippen LogP contribution in [0.25, 0.3) is 0 Å². The van der Waals surface area contributed by atoms with Gasteiger partial charge < -0.3 is 10.6 Å². The second-order valence-electron chi connectivity index (χ2n) is 6.32. The highest BCUT2D eigenvalue weighted by atomic mass is 16.1. The number of amides is 1. The molecule has 1 heterocycles. The van der Waals surface area contributed by atoms with Gasteiger partial charge in [0.05, 0.1) is 11.6 Å². The Kier molecular flexibility index (Phi) is 5.64. The smallest absolute Gasteiger partial charge is 0.233 e. The van der Waals surface area contributed by atoms with Crippen molar-refractivity contribution in [3.63, 3.8) is 0 Å². The summed E-state index contributed by atoms with van der Waals surface area (Å²) in [5, 5.41) is 6.41. The van der Waals surface area contributed by atoms with Crippen LogP contribution in [-0.4, -0.2) is 10.9 Å². The molecule has 132 valence electrons. The Morgan fingerprint density at radius 2 is 1.50 bits per heavy atom. The minimum atomic E-state index is -0.299. The number of carbonyl (C=O) groups is 1. The van der Waals surface area contributed by atoms with Crippen LogP contribution in [0.4, 0.5) is 11.4 Å². The fraction of sp³-hybridized carbons (Fsp3) is 0.182. The molecule has 0 saturated heterocycles. The Hall–Kier alpha value is -3.14. The van der Waals surface area contributed by atoms with Crippen LogP contribution >= 0.6 is 0 Å². The van der Waals surface area contributed by atoms with Crippen LogP contribution in [-0.2, 0) is 4.79 Å². The third-order valence-corrected chi connectivity index (χ3v) is 4.36. The average Bonchev–Trinajstić information content (AvgIpc) is 2.70. The van der Waals surface area contributed by atoms with Crippen molar-refractivity contribution in [1.29, 1.82) is 0 Å². The summed E-state index contributed by atoms with van der Waals surface area (Å²) >= 11 is 0. The maximum absolute atomic E-state index is 12.4. The third kappa shape index (κ3) is 4.48. The van der Waals surface area contributed by atoms with Crippen LogP contribution in [0.15, 0.2) is 79.0 Å². The van der Waals surface area contributed by atoms with Crippen LogP contribution in [0.2, 0.25) is 0 Å². The molecule has 26 heavy (non-hydrogen) atoms. The van der Waals surface area contributed by atoms with Crippen molar-refractivity contribution in [2.75, 3.05) is 10.6 Å². The van der Waals surface area contributed by atoms with Gasteiger partial charge in [-0.25, -0.2) is 0 Å². The molecule has 0 saturated carbocycles. The largest absolute Gasteiger partial charge is 0.379 e. The first kappa shape index (κ1) is 17.7. The Morgan fingerprint density at radius 3 is 2.15 bits per heavy atom. The van der Waals surface area contributed by atoms with Gasteiger partial charge in [-0.1, -0.05) is 36.4 Å². The standard InChI is InChI=1S/C22H23N3O/c1-16(21-10-6-7-15-23-21)22(26)25-20-13-11-19(12-14-20)24-17(2)18-8-4-3-5-9-18/h3-17,24H,1-2H3,(H,25,26)/t16-,17+/m0/s1. The van der Waals surface area contributed by atoms with E-state index in [0.29, 0.717) is 0 Å². The van der Waals surface area contributed by atoms with E-state index in [9.17, 15) is 4.79 Å². The van der Waals surface area contributed by atoms with Crippen molar-refractivity contribution in [3.8, 4) is 0 Å². The zero-order valence-electron chi connectivity index (χ0n) is 15.0. The summed E-state index contributed by atoms with van der Waals surface area (Å²) in [5.41, 5.74) is 3.78. The predicted octanol–water partition coefficient (Wildman–Crippen LogP) is 5.00. The predicted molar refractivity (Wildman–Crippen MR) is 106 cm³/mol. The minimum absolute atomic E-state index is 0.0675. The number of pyridine rings is 1. The van der Waals surface area contributed by atoms with Gasteiger partial charge in [0.25, 0.3) is 0 Å². The van der Waals surface area contributed by atoms with Crippen molar-refractivity contribution in [2.24, 2.45) is 0 Å². The van der Waals surface area contributed by atoms with Gasteiger partial charge in [-0.2, -0.15) is 0 Å². The number of carbonyl (C=O) groups excluding carboxylic acids is 1. The summed E-state index contributed by atoms with van der Waals surface area (Å²) in [6, 6.07) is 23.9. The van der Waals surface area contributed by atoms with Crippen LogP contribution in [0.5, 0.6) is 0 Å². The van der Waals surface area contributed by atoms with Gasteiger partial charge in [-0.05, 0) is 55.8 Å². The number of benzene rings is 2. The molecular formula is C22H23N3O. The number of aromatic nitrogens is 1. The first-order valence-corrected chi connectivity index (χ1v) is 8.77. The van der Waals surface area contributed by atoms with E-state index in [0.717, 1.165) is 17.1 Å². The summed E-state index contributed by atoms with van der Waals surface area (Å²) in [5.74, 6) is -0.367. The van der Waals surface area contributed by atoms with E-state index in [1.807, 2.05) is 67.6 Å². The fourth-order valence-corrected chi connectivity index (χ4v) is 2.74. The second-order valence-corrected chi connectivity index (χ2v) is 6.32. The van der Waals surface area contributed by atoms with Gasteiger partial charge in [-0.3, -0.25) is 9.78 Å². The van der Waals surface area contributed by atoms with Gasteiger partial charge in [-0.15, -0.1) is 0 Å². The van der Waals surface area contributed by atoms with Gasteiger partial charge >= 0.3 is 0 Å². The number of rotatable bonds is 6. The lowest BCUT2D eigenvalue weighted by Gasteiger charge is -2.16. The van der Waals surface area contributed by atoms with Gasteiger partial charge in [0, 0.05) is 23.6 Å². The SMILES string of the molecule is C[C@H](C(=O)Nc1ccc(N[C@H](C)c2ccccc2)cc1)c1ccccn1. The molecule has 4 nitrogen and oxygen atoms in total. The maximum Gasteiger partial charge on any atom is 0.233 e. The van der Waals surface area contributed by atoms with E-state index >= 15 is 0 Å². The van der Waals surface area contributed by atoms with Gasteiger partial charge in [0.1, 0.15) is 0 Å². The third-order valence-electron chi connectivity index (χ3n) is 4.36. The topological polar surface area (TPSA) is 54.0 Å². The summed E-state index contributed by atoms with van der Waals surface area (Å²) in [4.78, 5) is 16.6. The average molecular weight is 345 g/mol. The van der Waals surface area contributed by atoms with E-state index in [-0.39, 0.29) is 17.9 Å². The van der Waals surface area contributed by atoms with Crippen LogP contribution in [0.3, 0.4) is 0 Å². The van der Waals surface area contributed by atoms with E-state index in [1.165, 1.54) is 5.56 Å². The highest BCUT2D eigenvalue weighted by Gasteiger charge is 2.16. The molecule has 0 aliphatic carbocycles.